The minimum atomic E-state index is 0.132. The van der Waals surface area contributed by atoms with E-state index >= 15 is 0 Å². The highest BCUT2D eigenvalue weighted by molar-refractivity contribution is 7.99. The lowest BCUT2D eigenvalue weighted by Gasteiger charge is -2.42. The lowest BCUT2D eigenvalue weighted by atomic mass is 9.96. The van der Waals surface area contributed by atoms with E-state index in [0.717, 1.165) is 62.5 Å². The Kier molecular flexibility index (Phi) is 8.32. The topological polar surface area (TPSA) is 67.4 Å². The third-order valence-corrected chi connectivity index (χ3v) is 6.60. The van der Waals surface area contributed by atoms with E-state index in [0.29, 0.717) is 12.4 Å². The molecule has 0 aliphatic carbocycles. The molecule has 2 heterocycles. The molecule has 1 unspecified atom stereocenters. The molecule has 7 nitrogen and oxygen atoms in total. The SMILES string of the molecule is CCNC(=NCC1(N2CCOCC2)CCSC1)Nc1ccc(OCC)c(OC)c1. The van der Waals surface area contributed by atoms with Crippen LogP contribution in [0.25, 0.3) is 0 Å². The Labute approximate surface area is 178 Å². The predicted molar refractivity (Wildman–Crippen MR) is 121 cm³/mol. The molecule has 2 aliphatic rings. The van der Waals surface area contributed by atoms with Crippen molar-refractivity contribution in [3.63, 3.8) is 0 Å². The zero-order chi connectivity index (χ0) is 20.5. The minimum Gasteiger partial charge on any atom is -0.493 e. The Morgan fingerprint density at radius 2 is 2.10 bits per heavy atom. The van der Waals surface area contributed by atoms with Gasteiger partial charge in [0.25, 0.3) is 0 Å². The normalized spacial score (nSPS) is 23.1. The number of nitrogens with zero attached hydrogens (tertiary/aromatic N) is 2. The van der Waals surface area contributed by atoms with E-state index in [1.165, 1.54) is 12.2 Å². The van der Waals surface area contributed by atoms with Crippen LogP contribution in [0.1, 0.15) is 20.3 Å². The van der Waals surface area contributed by atoms with E-state index in [1.54, 1.807) is 7.11 Å². The maximum absolute atomic E-state index is 5.61. The number of hydrogen-bond donors (Lipinski definition) is 2. The fourth-order valence-corrected chi connectivity index (χ4v) is 5.27. The molecule has 0 aromatic heterocycles. The second kappa shape index (κ2) is 10.9. The summed E-state index contributed by atoms with van der Waals surface area (Å²) in [6, 6.07) is 5.86. The van der Waals surface area contributed by atoms with Crippen LogP contribution in [0.5, 0.6) is 11.5 Å². The molecule has 2 N–H and O–H groups in total. The molecule has 8 heteroatoms. The Balaban J connectivity index is 1.73. The number of thioether (sulfide) groups is 1. The van der Waals surface area contributed by atoms with Crippen LogP contribution in [-0.4, -0.2) is 81.0 Å². The van der Waals surface area contributed by atoms with Crippen LogP contribution in [-0.2, 0) is 4.74 Å². The van der Waals surface area contributed by atoms with Gasteiger partial charge in [0.2, 0.25) is 0 Å². The van der Waals surface area contributed by atoms with Gasteiger partial charge in [-0.25, -0.2) is 0 Å². The summed E-state index contributed by atoms with van der Waals surface area (Å²) in [6.45, 7) is 9.87. The summed E-state index contributed by atoms with van der Waals surface area (Å²) in [5.41, 5.74) is 1.05. The third kappa shape index (κ3) is 5.71. The molecule has 162 valence electrons. The smallest absolute Gasteiger partial charge is 0.195 e. The first kappa shape index (κ1) is 22.1. The molecule has 0 amide bonds. The van der Waals surface area contributed by atoms with Crippen LogP contribution in [0.15, 0.2) is 23.2 Å². The van der Waals surface area contributed by atoms with Gasteiger partial charge >= 0.3 is 0 Å². The van der Waals surface area contributed by atoms with E-state index in [-0.39, 0.29) is 5.54 Å². The average Bonchev–Trinajstić information content (AvgIpc) is 3.24. The molecule has 29 heavy (non-hydrogen) atoms. The van der Waals surface area contributed by atoms with Crippen molar-refractivity contribution in [2.75, 3.05) is 69.9 Å². The zero-order valence-corrected chi connectivity index (χ0v) is 18.6. The first-order valence-corrected chi connectivity index (χ1v) is 11.6. The number of benzene rings is 1. The van der Waals surface area contributed by atoms with Crippen molar-refractivity contribution in [3.8, 4) is 11.5 Å². The fraction of sp³-hybridized carbons (Fsp3) is 0.667. The zero-order valence-electron chi connectivity index (χ0n) is 17.8. The quantitative estimate of drug-likeness (QED) is 0.493. The maximum Gasteiger partial charge on any atom is 0.195 e. The first-order chi connectivity index (χ1) is 14.2. The van der Waals surface area contributed by atoms with Gasteiger partial charge in [0.1, 0.15) is 0 Å². The molecular weight excluding hydrogens is 388 g/mol. The number of hydrogen-bond acceptors (Lipinski definition) is 6. The van der Waals surface area contributed by atoms with Gasteiger partial charge < -0.3 is 24.8 Å². The predicted octanol–water partition coefficient (Wildman–Crippen LogP) is 2.68. The fourth-order valence-electron chi connectivity index (χ4n) is 3.80. The van der Waals surface area contributed by atoms with Gasteiger partial charge in [0, 0.05) is 37.1 Å². The van der Waals surface area contributed by atoms with Crippen molar-refractivity contribution in [1.29, 1.82) is 0 Å². The molecule has 1 atom stereocenters. The van der Waals surface area contributed by atoms with Crippen LogP contribution in [0.3, 0.4) is 0 Å². The standard InChI is InChI=1S/C21H34N4O3S/c1-4-22-20(24-17-6-7-18(28-5-2)19(14-17)26-3)23-15-21(8-13-29-16-21)25-9-11-27-12-10-25/h6-7,14H,4-5,8-13,15-16H2,1-3H3,(H2,22,23,24). The Bertz CT molecular complexity index is 674. The highest BCUT2D eigenvalue weighted by atomic mass is 32.2. The number of ether oxygens (including phenoxy) is 3. The van der Waals surface area contributed by atoms with Crippen molar-refractivity contribution in [3.05, 3.63) is 18.2 Å². The van der Waals surface area contributed by atoms with E-state index < -0.39 is 0 Å². The van der Waals surface area contributed by atoms with Gasteiger partial charge in [0.15, 0.2) is 17.5 Å². The van der Waals surface area contributed by atoms with Gasteiger partial charge in [-0.2, -0.15) is 11.8 Å². The minimum absolute atomic E-state index is 0.132. The van der Waals surface area contributed by atoms with Crippen LogP contribution < -0.4 is 20.1 Å². The number of rotatable bonds is 8. The summed E-state index contributed by atoms with van der Waals surface area (Å²) in [6.07, 6.45) is 1.18. The molecule has 1 aromatic carbocycles. The van der Waals surface area contributed by atoms with Crippen molar-refractivity contribution >= 4 is 23.4 Å². The molecule has 2 aliphatic heterocycles. The van der Waals surface area contributed by atoms with Gasteiger partial charge in [0.05, 0.1) is 39.0 Å². The molecular formula is C21H34N4O3S. The third-order valence-electron chi connectivity index (χ3n) is 5.37. The number of anilines is 1. The number of guanidine groups is 1. The summed E-state index contributed by atoms with van der Waals surface area (Å²) in [5, 5.41) is 6.79. The van der Waals surface area contributed by atoms with E-state index in [4.69, 9.17) is 19.2 Å². The summed E-state index contributed by atoms with van der Waals surface area (Å²) < 4.78 is 16.6. The van der Waals surface area contributed by atoms with Gasteiger partial charge in [-0.1, -0.05) is 0 Å². The summed E-state index contributed by atoms with van der Waals surface area (Å²) in [5.74, 6) is 4.59. The van der Waals surface area contributed by atoms with Crippen molar-refractivity contribution in [1.82, 2.24) is 10.2 Å². The molecule has 0 spiro atoms. The highest BCUT2D eigenvalue weighted by Crippen LogP contribution is 2.34. The van der Waals surface area contributed by atoms with Crippen LogP contribution >= 0.6 is 11.8 Å². The van der Waals surface area contributed by atoms with Crippen LogP contribution in [0.4, 0.5) is 5.69 Å². The monoisotopic (exact) mass is 422 g/mol. The molecule has 2 fully saturated rings. The lowest BCUT2D eigenvalue weighted by Crippen LogP contribution is -2.56. The van der Waals surface area contributed by atoms with E-state index in [2.05, 4.69) is 22.5 Å². The van der Waals surface area contributed by atoms with Gasteiger partial charge in [-0.05, 0) is 38.2 Å². The Hall–Kier alpha value is -1.64. The Morgan fingerprint density at radius 3 is 2.76 bits per heavy atom. The maximum atomic E-state index is 5.61. The largest absolute Gasteiger partial charge is 0.493 e. The molecule has 2 saturated heterocycles. The van der Waals surface area contributed by atoms with Crippen molar-refractivity contribution < 1.29 is 14.2 Å². The first-order valence-electron chi connectivity index (χ1n) is 10.5. The highest BCUT2D eigenvalue weighted by Gasteiger charge is 2.40. The van der Waals surface area contributed by atoms with Gasteiger partial charge in [-0.3, -0.25) is 9.89 Å². The second-order valence-corrected chi connectivity index (χ2v) is 8.35. The summed E-state index contributed by atoms with van der Waals surface area (Å²) >= 11 is 2.03. The molecule has 3 rings (SSSR count). The summed E-state index contributed by atoms with van der Waals surface area (Å²) in [4.78, 5) is 7.57. The van der Waals surface area contributed by atoms with Crippen molar-refractivity contribution in [2.45, 2.75) is 25.8 Å². The molecule has 0 saturated carbocycles. The van der Waals surface area contributed by atoms with Crippen LogP contribution in [0.2, 0.25) is 0 Å². The Morgan fingerprint density at radius 1 is 1.28 bits per heavy atom. The van der Waals surface area contributed by atoms with Gasteiger partial charge in [-0.15, -0.1) is 0 Å². The number of nitrogens with one attached hydrogen (secondary N) is 2. The van der Waals surface area contributed by atoms with Crippen molar-refractivity contribution in [2.24, 2.45) is 4.99 Å². The van der Waals surface area contributed by atoms with Crippen LogP contribution in [0, 0.1) is 0 Å². The molecule has 1 aromatic rings. The molecule has 0 bridgehead atoms. The lowest BCUT2D eigenvalue weighted by molar-refractivity contribution is -0.0104. The number of morpholine rings is 1. The average molecular weight is 423 g/mol. The van der Waals surface area contributed by atoms with E-state index in [9.17, 15) is 0 Å². The molecule has 0 radical (unpaired) electrons. The van der Waals surface area contributed by atoms with E-state index in [1.807, 2.05) is 36.9 Å². The number of methoxy groups -OCH3 is 1. The summed E-state index contributed by atoms with van der Waals surface area (Å²) in [7, 11) is 1.66. The number of aliphatic imine (C=N–C) groups is 1. The second-order valence-electron chi connectivity index (χ2n) is 7.25.